The average molecular weight is 839 g/mol. The van der Waals surface area contributed by atoms with Gasteiger partial charge in [0.15, 0.2) is 0 Å². The number of benzene rings is 2. The van der Waals surface area contributed by atoms with E-state index in [4.69, 9.17) is 9.97 Å². The molecule has 0 unspecified atom stereocenters. The van der Waals surface area contributed by atoms with Gasteiger partial charge in [0.05, 0.1) is 45.6 Å². The number of aromatic nitrogens is 4. The maximum Gasteiger partial charge on any atom is 0.245 e. The lowest BCUT2D eigenvalue weighted by atomic mass is 10.00. The van der Waals surface area contributed by atoms with Crippen LogP contribution in [-0.4, -0.2) is 90.6 Å². The lowest BCUT2D eigenvalue weighted by Gasteiger charge is -2.37. The zero-order valence-electron chi connectivity index (χ0n) is 34.2. The molecule has 4 aliphatic rings. The Morgan fingerprint density at radius 2 is 0.900 bits per heavy atom. The number of rotatable bonds is 11. The highest BCUT2D eigenvalue weighted by Gasteiger charge is 2.40. The molecule has 8 heterocycles. The third-order valence-electron chi connectivity index (χ3n) is 13.1. The van der Waals surface area contributed by atoms with E-state index in [1.54, 1.807) is 22.7 Å². The van der Waals surface area contributed by atoms with Crippen LogP contribution < -0.4 is 0 Å². The first-order valence-corrected chi connectivity index (χ1v) is 23.7. The van der Waals surface area contributed by atoms with E-state index in [0.717, 1.165) is 135 Å². The van der Waals surface area contributed by atoms with E-state index in [0.29, 0.717) is 0 Å². The Morgan fingerprint density at radius 1 is 0.500 bits per heavy atom. The van der Waals surface area contributed by atoms with Crippen molar-refractivity contribution >= 4 is 34.5 Å². The van der Waals surface area contributed by atoms with Crippen molar-refractivity contribution in [3.05, 3.63) is 120 Å². The summed E-state index contributed by atoms with van der Waals surface area (Å²) in [5.41, 5.74) is 4.13. The number of nitrogens with zero attached hydrogens (tertiary/aromatic N) is 6. The minimum atomic E-state index is -0.256. The minimum Gasteiger partial charge on any atom is -0.340 e. The Labute approximate surface area is 360 Å². The number of imidazole rings is 2. The summed E-state index contributed by atoms with van der Waals surface area (Å²) in [5, 5.41) is 0. The number of carbonyl (C=O) groups excluding carboxylic acids is 2. The number of thiophene rings is 2. The summed E-state index contributed by atoms with van der Waals surface area (Å²) in [4.78, 5) is 59.5. The number of hydrogen-bond donors (Lipinski definition) is 2. The van der Waals surface area contributed by atoms with Crippen LogP contribution in [0, 0.1) is 0 Å². The molecular formula is C48H54N8O2S2. The van der Waals surface area contributed by atoms with Crippen LogP contribution in [0.4, 0.5) is 0 Å². The molecule has 0 radical (unpaired) electrons. The van der Waals surface area contributed by atoms with E-state index in [1.807, 2.05) is 48.8 Å². The molecule has 4 atom stereocenters. The van der Waals surface area contributed by atoms with Crippen LogP contribution in [0.3, 0.4) is 0 Å². The monoisotopic (exact) mass is 838 g/mol. The molecule has 310 valence electrons. The number of aromatic amines is 2. The van der Waals surface area contributed by atoms with Gasteiger partial charge in [-0.05, 0) is 113 Å². The van der Waals surface area contributed by atoms with Gasteiger partial charge in [-0.15, -0.1) is 22.7 Å². The highest BCUT2D eigenvalue weighted by molar-refractivity contribution is 7.25. The van der Waals surface area contributed by atoms with Crippen molar-refractivity contribution in [3.8, 4) is 30.9 Å². The Balaban J connectivity index is 0.826. The van der Waals surface area contributed by atoms with Crippen molar-refractivity contribution in [1.82, 2.24) is 39.5 Å². The number of nitrogens with one attached hydrogen (secondary N) is 2. The van der Waals surface area contributed by atoms with E-state index in [9.17, 15) is 9.59 Å². The van der Waals surface area contributed by atoms with E-state index < -0.39 is 0 Å². The molecule has 0 bridgehead atoms. The van der Waals surface area contributed by atoms with E-state index in [2.05, 4.69) is 78.1 Å². The van der Waals surface area contributed by atoms with Crippen LogP contribution in [0.15, 0.2) is 97.3 Å². The molecule has 10 nitrogen and oxygen atoms in total. The maximum atomic E-state index is 14.4. The number of likely N-dealkylation sites (tertiary alicyclic amines) is 4. The Hall–Kier alpha value is -4.88. The number of hydrogen-bond acceptors (Lipinski definition) is 8. The van der Waals surface area contributed by atoms with Crippen LogP contribution in [-0.2, 0) is 9.59 Å². The van der Waals surface area contributed by atoms with Gasteiger partial charge in [0, 0.05) is 22.8 Å². The van der Waals surface area contributed by atoms with Crippen molar-refractivity contribution < 1.29 is 9.59 Å². The second kappa shape index (κ2) is 17.6. The van der Waals surface area contributed by atoms with Gasteiger partial charge in [-0.3, -0.25) is 19.4 Å². The molecule has 0 saturated carbocycles. The van der Waals surface area contributed by atoms with Crippen LogP contribution in [0.1, 0.15) is 111 Å². The molecule has 6 aromatic rings. The smallest absolute Gasteiger partial charge is 0.245 e. The second-order valence-electron chi connectivity index (χ2n) is 16.9. The van der Waals surface area contributed by atoms with Crippen LogP contribution in [0.25, 0.3) is 30.9 Å². The minimum absolute atomic E-state index is 0.0600. The van der Waals surface area contributed by atoms with Crippen LogP contribution >= 0.6 is 22.7 Å². The molecule has 0 aliphatic carbocycles. The molecule has 4 fully saturated rings. The number of amides is 2. The summed E-state index contributed by atoms with van der Waals surface area (Å²) in [7, 11) is 0. The largest absolute Gasteiger partial charge is 0.340 e. The Morgan fingerprint density at radius 3 is 1.32 bits per heavy atom. The summed E-state index contributed by atoms with van der Waals surface area (Å²) >= 11 is 3.50. The fraction of sp³-hybridized carbons (Fsp3) is 0.417. The fourth-order valence-corrected chi connectivity index (χ4v) is 12.1. The molecular weight excluding hydrogens is 785 g/mol. The average Bonchev–Trinajstić information content (AvgIpc) is 4.15. The lowest BCUT2D eigenvalue weighted by Crippen LogP contribution is -2.44. The van der Waals surface area contributed by atoms with Gasteiger partial charge in [0.1, 0.15) is 23.7 Å². The molecule has 0 spiro atoms. The fourth-order valence-electron chi connectivity index (χ4n) is 10.1. The summed E-state index contributed by atoms with van der Waals surface area (Å²) in [6.45, 7) is 5.34. The Bertz CT molecular complexity index is 2210. The molecule has 4 aromatic heterocycles. The number of H-pyrrole nitrogens is 2. The zero-order valence-corrected chi connectivity index (χ0v) is 35.8. The normalized spacial score (nSPS) is 21.4. The standard InChI is InChI=1S/C48H54N8O2S2/c57-47(43(33-15-5-1-6-16-33)53-25-9-3-10-26-53)55-29-13-19-37(55)45-49-31-35(51-45)39-21-23-41(59-39)42-24-22-40(60-42)36-32-50-46(52-36)38-20-14-30-56(38)48(58)44(34-17-7-2-8-18-34)54-27-11-4-12-28-54/h1-2,5-8,15-18,21-24,31-32,37-38,43-44H,3-4,9-14,19-20,25-30H2,(H,49,51)(H,50,52)/t37-,38+,43-,44+. The molecule has 2 amide bonds. The molecule has 2 N–H and O–H groups in total. The third-order valence-corrected chi connectivity index (χ3v) is 15.5. The molecule has 4 saturated heterocycles. The van der Waals surface area contributed by atoms with E-state index >= 15 is 0 Å². The lowest BCUT2D eigenvalue weighted by molar-refractivity contribution is -0.139. The van der Waals surface area contributed by atoms with Gasteiger partial charge >= 0.3 is 0 Å². The van der Waals surface area contributed by atoms with E-state index in [1.165, 1.54) is 22.6 Å². The SMILES string of the molecule is O=C([C@@H](c1ccccc1)N1CCCCC1)N1CCC[C@@H]1c1ncc(-c2ccc(-c3ccc(-c4cnc([C@@H]5CCCN5C(=O)[C@H](c5ccccc5)N5CCCCC5)[nH]4)s3)s2)[nH]1. The molecule has 4 aliphatic heterocycles. The van der Waals surface area contributed by atoms with Crippen molar-refractivity contribution in [2.24, 2.45) is 0 Å². The predicted molar refractivity (Wildman–Crippen MR) is 239 cm³/mol. The highest BCUT2D eigenvalue weighted by atomic mass is 32.1. The first-order valence-electron chi connectivity index (χ1n) is 22.1. The van der Waals surface area contributed by atoms with Crippen molar-refractivity contribution in [2.45, 2.75) is 88.4 Å². The topological polar surface area (TPSA) is 104 Å². The summed E-state index contributed by atoms with van der Waals surface area (Å²) in [5.74, 6) is 2.13. The maximum absolute atomic E-state index is 14.4. The number of carbonyl (C=O) groups is 2. The first-order chi connectivity index (χ1) is 29.6. The number of piperidine rings is 2. The third kappa shape index (κ3) is 7.90. The van der Waals surface area contributed by atoms with Gasteiger partial charge in [-0.1, -0.05) is 73.5 Å². The summed E-state index contributed by atoms with van der Waals surface area (Å²) < 4.78 is 0. The summed E-state index contributed by atoms with van der Waals surface area (Å²) in [6, 6.07) is 28.8. The molecule has 12 heteroatoms. The Kier molecular flexibility index (Phi) is 11.5. The highest BCUT2D eigenvalue weighted by Crippen LogP contribution is 2.42. The van der Waals surface area contributed by atoms with Crippen LogP contribution in [0.2, 0.25) is 0 Å². The first kappa shape index (κ1) is 39.3. The van der Waals surface area contributed by atoms with Gasteiger partial charge in [0.25, 0.3) is 0 Å². The molecule has 2 aromatic carbocycles. The van der Waals surface area contributed by atoms with Gasteiger partial charge in [-0.2, -0.15) is 0 Å². The van der Waals surface area contributed by atoms with Gasteiger partial charge < -0.3 is 19.8 Å². The second-order valence-corrected chi connectivity index (χ2v) is 19.1. The van der Waals surface area contributed by atoms with Crippen molar-refractivity contribution in [1.29, 1.82) is 0 Å². The molecule has 10 rings (SSSR count). The van der Waals surface area contributed by atoms with Crippen molar-refractivity contribution in [3.63, 3.8) is 0 Å². The van der Waals surface area contributed by atoms with Crippen molar-refractivity contribution in [2.75, 3.05) is 39.3 Å². The summed E-state index contributed by atoms with van der Waals surface area (Å²) in [6.07, 6.45) is 14.6. The van der Waals surface area contributed by atoms with Crippen LogP contribution in [0.5, 0.6) is 0 Å². The predicted octanol–water partition coefficient (Wildman–Crippen LogP) is 10.0. The zero-order chi connectivity index (χ0) is 40.4. The van der Waals surface area contributed by atoms with E-state index in [-0.39, 0.29) is 36.0 Å². The van der Waals surface area contributed by atoms with Gasteiger partial charge in [-0.25, -0.2) is 9.97 Å². The quantitative estimate of drug-likeness (QED) is 0.135. The molecule has 60 heavy (non-hydrogen) atoms. The van der Waals surface area contributed by atoms with Gasteiger partial charge in [0.2, 0.25) is 11.8 Å².